The molecule has 2 aromatic rings. The van der Waals surface area contributed by atoms with Gasteiger partial charge >= 0.3 is 0 Å². The van der Waals surface area contributed by atoms with Crippen LogP contribution in [0.25, 0.3) is 0 Å². The molecule has 138 valence electrons. The van der Waals surface area contributed by atoms with Crippen LogP contribution in [0, 0.1) is 11.3 Å². The Morgan fingerprint density at radius 3 is 2.70 bits per heavy atom. The van der Waals surface area contributed by atoms with E-state index in [1.54, 1.807) is 47.4 Å². The Balaban J connectivity index is 1.60. The molecule has 1 saturated heterocycles. The number of hydrogen-bond donors (Lipinski definition) is 2. The van der Waals surface area contributed by atoms with Gasteiger partial charge in [0.2, 0.25) is 11.8 Å². The fourth-order valence-corrected chi connectivity index (χ4v) is 3.29. The van der Waals surface area contributed by atoms with Gasteiger partial charge in [0, 0.05) is 13.1 Å². The first kappa shape index (κ1) is 18.5. The summed E-state index contributed by atoms with van der Waals surface area (Å²) in [4.78, 5) is 26.9. The van der Waals surface area contributed by atoms with E-state index in [4.69, 9.17) is 5.26 Å². The molecule has 1 heterocycles. The number of carbonyl (C=O) groups is 2. The fourth-order valence-electron chi connectivity index (χ4n) is 3.29. The van der Waals surface area contributed by atoms with Gasteiger partial charge in [0.05, 0.1) is 18.1 Å². The second-order valence-corrected chi connectivity index (χ2v) is 6.62. The monoisotopic (exact) mass is 363 g/mol. The average Bonchev–Trinajstić information content (AvgIpc) is 3.17. The maximum atomic E-state index is 12.7. The Morgan fingerprint density at radius 1 is 1.19 bits per heavy atom. The number of phenols is 1. The van der Waals surface area contributed by atoms with Gasteiger partial charge in [0.25, 0.3) is 0 Å². The maximum absolute atomic E-state index is 12.7. The number of aromatic hydroxyl groups is 1. The van der Waals surface area contributed by atoms with Crippen LogP contribution in [0.4, 0.5) is 0 Å². The minimum atomic E-state index is -0.464. The standard InChI is InChI=1S/C21H21N3O3/c22-13-17-4-1-3-16(11-17)12-20(26)24-10-2-5-19(24)21(27)23-14-15-6-8-18(25)9-7-15/h1,3-4,6-9,11,19,25H,2,5,10,12,14H2,(H,23,27). The molecule has 0 spiro atoms. The molecule has 0 aliphatic carbocycles. The molecule has 1 aliphatic rings. The summed E-state index contributed by atoms with van der Waals surface area (Å²) in [6.07, 6.45) is 1.61. The van der Waals surface area contributed by atoms with Crippen molar-refractivity contribution < 1.29 is 14.7 Å². The SMILES string of the molecule is N#Cc1cccc(CC(=O)N2CCCC2C(=O)NCc2ccc(O)cc2)c1. The van der Waals surface area contributed by atoms with Gasteiger partial charge in [0.1, 0.15) is 11.8 Å². The van der Waals surface area contributed by atoms with Crippen molar-refractivity contribution >= 4 is 11.8 Å². The highest BCUT2D eigenvalue weighted by Gasteiger charge is 2.33. The van der Waals surface area contributed by atoms with E-state index in [2.05, 4.69) is 11.4 Å². The zero-order chi connectivity index (χ0) is 19.2. The van der Waals surface area contributed by atoms with Crippen molar-refractivity contribution in [3.8, 4) is 11.8 Å². The summed E-state index contributed by atoms with van der Waals surface area (Å²) in [5, 5.41) is 21.2. The molecule has 0 saturated carbocycles. The van der Waals surface area contributed by atoms with Gasteiger partial charge in [0.15, 0.2) is 0 Å². The molecule has 6 nitrogen and oxygen atoms in total. The zero-order valence-corrected chi connectivity index (χ0v) is 14.9. The van der Waals surface area contributed by atoms with Crippen molar-refractivity contribution in [3.63, 3.8) is 0 Å². The Morgan fingerprint density at radius 2 is 1.96 bits per heavy atom. The summed E-state index contributed by atoms with van der Waals surface area (Å²) in [5.41, 5.74) is 2.17. The summed E-state index contributed by atoms with van der Waals surface area (Å²) < 4.78 is 0. The minimum Gasteiger partial charge on any atom is -0.508 e. The highest BCUT2D eigenvalue weighted by molar-refractivity contribution is 5.89. The Kier molecular flexibility index (Phi) is 5.72. The largest absolute Gasteiger partial charge is 0.508 e. The van der Waals surface area contributed by atoms with Crippen LogP contribution >= 0.6 is 0 Å². The lowest BCUT2D eigenvalue weighted by Crippen LogP contribution is -2.46. The van der Waals surface area contributed by atoms with E-state index in [1.807, 2.05) is 6.07 Å². The molecule has 6 heteroatoms. The van der Waals surface area contributed by atoms with E-state index in [9.17, 15) is 14.7 Å². The molecule has 2 aromatic carbocycles. The van der Waals surface area contributed by atoms with Gasteiger partial charge in [-0.1, -0.05) is 24.3 Å². The lowest BCUT2D eigenvalue weighted by Gasteiger charge is -2.24. The third kappa shape index (κ3) is 4.64. The predicted molar refractivity (Wildman–Crippen MR) is 99.5 cm³/mol. The van der Waals surface area contributed by atoms with Gasteiger partial charge in [-0.15, -0.1) is 0 Å². The van der Waals surface area contributed by atoms with E-state index < -0.39 is 6.04 Å². The van der Waals surface area contributed by atoms with E-state index in [-0.39, 0.29) is 24.0 Å². The van der Waals surface area contributed by atoms with Crippen molar-refractivity contribution in [2.45, 2.75) is 31.8 Å². The second-order valence-electron chi connectivity index (χ2n) is 6.62. The number of benzene rings is 2. The third-order valence-electron chi connectivity index (χ3n) is 4.69. The summed E-state index contributed by atoms with van der Waals surface area (Å²) in [7, 11) is 0. The van der Waals surface area contributed by atoms with Gasteiger partial charge in [-0.05, 0) is 48.2 Å². The molecular formula is C21H21N3O3. The van der Waals surface area contributed by atoms with Crippen molar-refractivity contribution in [2.75, 3.05) is 6.54 Å². The lowest BCUT2D eigenvalue weighted by atomic mass is 10.1. The molecular weight excluding hydrogens is 342 g/mol. The molecule has 2 N–H and O–H groups in total. The van der Waals surface area contributed by atoms with E-state index >= 15 is 0 Å². The van der Waals surface area contributed by atoms with Gasteiger partial charge in [-0.25, -0.2) is 0 Å². The smallest absolute Gasteiger partial charge is 0.243 e. The normalized spacial score (nSPS) is 16.0. The summed E-state index contributed by atoms with van der Waals surface area (Å²) >= 11 is 0. The lowest BCUT2D eigenvalue weighted by molar-refractivity contribution is -0.138. The van der Waals surface area contributed by atoms with E-state index in [1.165, 1.54) is 0 Å². The number of nitriles is 1. The molecule has 27 heavy (non-hydrogen) atoms. The Bertz CT molecular complexity index is 871. The first-order valence-electron chi connectivity index (χ1n) is 8.91. The maximum Gasteiger partial charge on any atom is 0.243 e. The van der Waals surface area contributed by atoms with E-state index in [0.717, 1.165) is 17.5 Å². The molecule has 0 bridgehead atoms. The van der Waals surface area contributed by atoms with Crippen molar-refractivity contribution in [2.24, 2.45) is 0 Å². The number of likely N-dealkylation sites (tertiary alicyclic amines) is 1. The molecule has 1 atom stereocenters. The van der Waals surface area contributed by atoms with E-state index in [0.29, 0.717) is 25.1 Å². The topological polar surface area (TPSA) is 93.4 Å². The fraction of sp³-hybridized carbons (Fsp3) is 0.286. The molecule has 1 unspecified atom stereocenters. The highest BCUT2D eigenvalue weighted by atomic mass is 16.3. The molecule has 3 rings (SSSR count). The highest BCUT2D eigenvalue weighted by Crippen LogP contribution is 2.19. The molecule has 1 fully saturated rings. The van der Waals surface area contributed by atoms with Crippen LogP contribution in [0.5, 0.6) is 5.75 Å². The Labute approximate surface area is 158 Å². The van der Waals surface area contributed by atoms with Gasteiger partial charge < -0.3 is 15.3 Å². The molecule has 0 radical (unpaired) electrons. The van der Waals surface area contributed by atoms with Crippen LogP contribution in [0.2, 0.25) is 0 Å². The number of nitrogens with one attached hydrogen (secondary N) is 1. The number of carbonyl (C=O) groups excluding carboxylic acids is 2. The zero-order valence-electron chi connectivity index (χ0n) is 14.9. The van der Waals surface area contributed by atoms with Crippen LogP contribution in [-0.2, 0) is 22.6 Å². The van der Waals surface area contributed by atoms with Crippen molar-refractivity contribution in [1.29, 1.82) is 5.26 Å². The minimum absolute atomic E-state index is 0.104. The number of rotatable bonds is 5. The van der Waals surface area contributed by atoms with Crippen LogP contribution in [0.15, 0.2) is 48.5 Å². The number of amides is 2. The molecule has 0 aromatic heterocycles. The number of nitrogens with zero attached hydrogens (tertiary/aromatic N) is 2. The predicted octanol–water partition coefficient (Wildman–Crippen LogP) is 2.11. The summed E-state index contributed by atoms with van der Waals surface area (Å²) in [5.74, 6) is -0.0924. The summed E-state index contributed by atoms with van der Waals surface area (Å²) in [6, 6.07) is 15.2. The summed E-state index contributed by atoms with van der Waals surface area (Å²) in [6.45, 7) is 0.913. The third-order valence-corrected chi connectivity index (χ3v) is 4.69. The van der Waals surface area contributed by atoms with Crippen molar-refractivity contribution in [3.05, 3.63) is 65.2 Å². The van der Waals surface area contributed by atoms with Crippen LogP contribution in [0.3, 0.4) is 0 Å². The number of phenolic OH excluding ortho intramolecular Hbond substituents is 1. The first-order chi connectivity index (χ1) is 13.1. The number of hydrogen-bond acceptors (Lipinski definition) is 4. The van der Waals surface area contributed by atoms with Gasteiger partial charge in [-0.3, -0.25) is 9.59 Å². The molecule has 1 aliphatic heterocycles. The van der Waals surface area contributed by atoms with Gasteiger partial charge in [-0.2, -0.15) is 5.26 Å². The van der Waals surface area contributed by atoms with Crippen LogP contribution in [0.1, 0.15) is 29.5 Å². The average molecular weight is 363 g/mol. The van der Waals surface area contributed by atoms with Crippen LogP contribution < -0.4 is 5.32 Å². The quantitative estimate of drug-likeness (QED) is 0.851. The Hall–Kier alpha value is -3.33. The first-order valence-corrected chi connectivity index (χ1v) is 8.91. The van der Waals surface area contributed by atoms with Crippen molar-refractivity contribution in [1.82, 2.24) is 10.2 Å². The molecule has 2 amide bonds. The van der Waals surface area contributed by atoms with Crippen LogP contribution in [-0.4, -0.2) is 34.4 Å². The second kappa shape index (κ2) is 8.37.